The lowest BCUT2D eigenvalue weighted by molar-refractivity contribution is -0.128. The molecule has 0 fully saturated rings. The zero-order valence-electron chi connectivity index (χ0n) is 42.0. The maximum absolute atomic E-state index is 12.4. The van der Waals surface area contributed by atoms with E-state index in [4.69, 9.17) is 9.47 Å². The number of hydrogen-bond acceptors (Lipinski definition) is 8. The van der Waals surface area contributed by atoms with Crippen LogP contribution in [-0.2, 0) is 15.6 Å². The number of aliphatic hydroxyl groups is 1. The first-order valence-corrected chi connectivity index (χ1v) is 25.3. The first kappa shape index (κ1) is 52.1. The summed E-state index contributed by atoms with van der Waals surface area (Å²) in [6.45, 7) is 24.8. The SMILES string of the molecule is CCC(CC)(c1ccc(OCC(=O)C(C)(C)C)c(C)c1)c1cc2cc(C(=O)N(C)C)ccc2s1.CCC(O)(CC)COc1ccc(C(CC)(CC)c2cc3ccc(C(C)=O)cc3s2)cc1C. The van der Waals surface area contributed by atoms with E-state index in [1.165, 1.54) is 31.0 Å². The van der Waals surface area contributed by atoms with Crippen LogP contribution in [0.3, 0.4) is 0 Å². The minimum Gasteiger partial charge on any atom is -0.490 e. The Morgan fingerprint density at radius 1 is 0.591 bits per heavy atom. The number of Topliss-reactive ketones (excluding diaryl/α,β-unsaturated/α-hetero) is 2. The van der Waals surface area contributed by atoms with Gasteiger partial charge in [0.15, 0.2) is 11.6 Å². The van der Waals surface area contributed by atoms with Gasteiger partial charge in [-0.15, -0.1) is 22.7 Å². The molecule has 7 nitrogen and oxygen atoms in total. The quantitative estimate of drug-likeness (QED) is 0.0863. The minimum absolute atomic E-state index is 0.0167. The molecule has 0 aliphatic carbocycles. The summed E-state index contributed by atoms with van der Waals surface area (Å²) in [5, 5.41) is 12.9. The van der Waals surface area contributed by atoms with Crippen LogP contribution in [0.25, 0.3) is 20.2 Å². The van der Waals surface area contributed by atoms with E-state index in [0.717, 1.165) is 64.0 Å². The Hall–Kier alpha value is -4.83. The predicted octanol–water partition coefficient (Wildman–Crippen LogP) is 14.5. The second-order valence-corrected chi connectivity index (χ2v) is 21.4. The van der Waals surface area contributed by atoms with Crippen molar-refractivity contribution in [3.63, 3.8) is 0 Å². The van der Waals surface area contributed by atoms with Crippen LogP contribution in [0.5, 0.6) is 11.5 Å². The van der Waals surface area contributed by atoms with Crippen molar-refractivity contribution in [1.29, 1.82) is 0 Å². The van der Waals surface area contributed by atoms with Crippen LogP contribution in [0.2, 0.25) is 0 Å². The summed E-state index contributed by atoms with van der Waals surface area (Å²) in [5.74, 6) is 1.79. The highest BCUT2D eigenvalue weighted by atomic mass is 32.1. The molecule has 6 aromatic rings. The fourth-order valence-corrected chi connectivity index (χ4v) is 11.6. The molecular formula is C57H73NO6S2. The molecule has 4 aromatic carbocycles. The lowest BCUT2D eigenvalue weighted by Crippen LogP contribution is -2.34. The molecule has 0 saturated carbocycles. The average Bonchev–Trinajstić information content (AvgIpc) is 3.93. The van der Waals surface area contributed by atoms with E-state index in [1.807, 2.05) is 71.9 Å². The number of nitrogens with zero attached hydrogens (tertiary/aromatic N) is 1. The summed E-state index contributed by atoms with van der Waals surface area (Å²) in [5.41, 5.74) is 4.73. The maximum Gasteiger partial charge on any atom is 0.253 e. The zero-order valence-corrected chi connectivity index (χ0v) is 43.6. The molecule has 66 heavy (non-hydrogen) atoms. The van der Waals surface area contributed by atoms with Gasteiger partial charge in [0, 0.05) is 60.6 Å². The van der Waals surface area contributed by atoms with Crippen molar-refractivity contribution >= 4 is 60.3 Å². The number of rotatable bonds is 18. The van der Waals surface area contributed by atoms with Crippen LogP contribution >= 0.6 is 22.7 Å². The lowest BCUT2D eigenvalue weighted by Gasteiger charge is -2.32. The van der Waals surface area contributed by atoms with Gasteiger partial charge in [0.2, 0.25) is 0 Å². The summed E-state index contributed by atoms with van der Waals surface area (Å²) >= 11 is 3.60. The molecule has 2 heterocycles. The topological polar surface area (TPSA) is 93.1 Å². The minimum atomic E-state index is -0.780. The molecule has 6 rings (SSSR count). The molecule has 354 valence electrons. The molecule has 0 radical (unpaired) electrons. The number of hydrogen-bond donors (Lipinski definition) is 1. The molecule has 0 aliphatic rings. The third-order valence-corrected chi connectivity index (χ3v) is 16.5. The largest absolute Gasteiger partial charge is 0.490 e. The Labute approximate surface area is 402 Å². The summed E-state index contributed by atoms with van der Waals surface area (Å²) in [6, 6.07) is 29.3. The molecular weight excluding hydrogens is 859 g/mol. The standard InChI is InChI=1S/C29H37NO3S.C28H36O3S/c1-9-29(10-2,22-12-13-23(19(3)15-22)33-18-25(31)28(4,5)6)26-17-21-16-20(27(32)30(7)8)11-14-24(21)34-26;1-7-27(30,8-2)18-31-24-14-13-23(15-19(24)5)28(9-3,10-4)26-17-22-12-11-21(20(6)29)16-25(22)32-26/h11-17H,9-10,18H2,1-8H3;11-17,30H,7-10,18H2,1-6H3. The van der Waals surface area contributed by atoms with Gasteiger partial charge in [0.05, 0.1) is 5.60 Å². The molecule has 0 unspecified atom stereocenters. The number of amides is 1. The molecule has 0 spiro atoms. The van der Waals surface area contributed by atoms with Gasteiger partial charge in [-0.2, -0.15) is 0 Å². The number of thiophene rings is 2. The summed E-state index contributed by atoms with van der Waals surface area (Å²) in [7, 11) is 3.55. The summed E-state index contributed by atoms with van der Waals surface area (Å²) < 4.78 is 14.3. The van der Waals surface area contributed by atoms with E-state index in [9.17, 15) is 19.5 Å². The van der Waals surface area contributed by atoms with Crippen LogP contribution in [0, 0.1) is 19.3 Å². The first-order valence-electron chi connectivity index (χ1n) is 23.7. The van der Waals surface area contributed by atoms with Gasteiger partial charge >= 0.3 is 0 Å². The van der Waals surface area contributed by atoms with E-state index < -0.39 is 11.0 Å². The molecule has 0 bridgehead atoms. The van der Waals surface area contributed by atoms with E-state index in [0.29, 0.717) is 25.0 Å². The second-order valence-electron chi connectivity index (χ2n) is 19.2. The Kier molecular flexibility index (Phi) is 16.9. The Morgan fingerprint density at radius 3 is 1.56 bits per heavy atom. The van der Waals surface area contributed by atoms with Gasteiger partial charge in [-0.25, -0.2) is 0 Å². The Bertz CT molecular complexity index is 2650. The molecule has 1 N–H and O–H groups in total. The fourth-order valence-electron chi connectivity index (χ4n) is 8.70. The average molecular weight is 932 g/mol. The van der Waals surface area contributed by atoms with Crippen LogP contribution in [0.1, 0.15) is 160 Å². The molecule has 0 atom stereocenters. The highest BCUT2D eigenvalue weighted by Crippen LogP contribution is 2.47. The van der Waals surface area contributed by atoms with Gasteiger partial charge in [-0.3, -0.25) is 14.4 Å². The molecule has 0 saturated heterocycles. The zero-order chi connectivity index (χ0) is 48.8. The fraction of sp³-hybridized carbons (Fsp3) is 0.456. The maximum atomic E-state index is 12.4. The van der Waals surface area contributed by atoms with Crippen molar-refractivity contribution in [2.75, 3.05) is 27.3 Å². The number of carbonyl (C=O) groups excluding carboxylic acids is 3. The highest BCUT2D eigenvalue weighted by Gasteiger charge is 2.35. The van der Waals surface area contributed by atoms with Gasteiger partial charge in [-0.05, 0) is 141 Å². The van der Waals surface area contributed by atoms with Gasteiger partial charge in [0.1, 0.15) is 24.7 Å². The highest BCUT2D eigenvalue weighted by molar-refractivity contribution is 7.19. The van der Waals surface area contributed by atoms with Gasteiger partial charge in [-0.1, -0.05) is 98.7 Å². The van der Waals surface area contributed by atoms with E-state index >= 15 is 0 Å². The molecule has 0 aliphatic heterocycles. The molecule has 9 heteroatoms. The van der Waals surface area contributed by atoms with Crippen LogP contribution in [0.15, 0.2) is 84.9 Å². The predicted molar refractivity (Wildman–Crippen MR) is 278 cm³/mol. The Balaban J connectivity index is 0.000000248. The van der Waals surface area contributed by atoms with Crippen LogP contribution in [0.4, 0.5) is 0 Å². The number of benzene rings is 4. The number of carbonyl (C=O) groups is 3. The van der Waals surface area contributed by atoms with Crippen molar-refractivity contribution < 1.29 is 29.0 Å². The van der Waals surface area contributed by atoms with Crippen molar-refractivity contribution in [3.05, 3.63) is 128 Å². The van der Waals surface area contributed by atoms with Crippen molar-refractivity contribution in [1.82, 2.24) is 4.90 Å². The van der Waals surface area contributed by atoms with Crippen molar-refractivity contribution in [2.45, 2.75) is 138 Å². The van der Waals surface area contributed by atoms with Crippen molar-refractivity contribution in [2.24, 2.45) is 5.41 Å². The lowest BCUT2D eigenvalue weighted by atomic mass is 9.74. The summed E-state index contributed by atoms with van der Waals surface area (Å²) in [4.78, 5) is 40.8. The number of aryl methyl sites for hydroxylation is 2. The molecule has 2 aromatic heterocycles. The van der Waals surface area contributed by atoms with Gasteiger partial charge < -0.3 is 19.5 Å². The number of ether oxygens (including phenoxy) is 2. The van der Waals surface area contributed by atoms with Crippen LogP contribution in [-0.4, -0.2) is 60.4 Å². The Morgan fingerprint density at radius 2 is 1.09 bits per heavy atom. The second kappa shape index (κ2) is 21.4. The smallest absolute Gasteiger partial charge is 0.253 e. The van der Waals surface area contributed by atoms with Crippen molar-refractivity contribution in [3.8, 4) is 11.5 Å². The normalized spacial score (nSPS) is 12.2. The monoisotopic (exact) mass is 931 g/mol. The van der Waals surface area contributed by atoms with Gasteiger partial charge in [0.25, 0.3) is 5.91 Å². The number of fused-ring (bicyclic) bond motifs is 2. The third-order valence-electron chi connectivity index (χ3n) is 13.9. The van der Waals surface area contributed by atoms with E-state index in [1.54, 1.807) is 48.6 Å². The number of ketones is 2. The van der Waals surface area contributed by atoms with Crippen LogP contribution < -0.4 is 9.47 Å². The third kappa shape index (κ3) is 11.1. The first-order chi connectivity index (χ1) is 31.1. The van der Waals surface area contributed by atoms with E-state index in [2.05, 4.69) is 89.2 Å². The summed E-state index contributed by atoms with van der Waals surface area (Å²) in [6.07, 6.45) is 5.24. The van der Waals surface area contributed by atoms with E-state index in [-0.39, 0.29) is 34.9 Å². The molecule has 1 amide bonds.